The molecular weight excluding hydrogens is 375 g/mol. The van der Waals surface area contributed by atoms with E-state index in [4.69, 9.17) is 0 Å². The highest BCUT2D eigenvalue weighted by Gasteiger charge is 2.31. The lowest BCUT2D eigenvalue weighted by atomic mass is 10.2. The molecule has 4 nitrogen and oxygen atoms in total. The summed E-state index contributed by atoms with van der Waals surface area (Å²) in [5, 5.41) is 3.03. The van der Waals surface area contributed by atoms with Crippen LogP contribution in [0, 0.1) is 5.82 Å². The molecule has 1 N–H and O–H groups in total. The van der Waals surface area contributed by atoms with E-state index in [1.54, 1.807) is 24.3 Å². The molecule has 2 aromatic carbocycles. The number of hydrogen-bond donors (Lipinski definition) is 1. The van der Waals surface area contributed by atoms with Gasteiger partial charge in [-0.1, -0.05) is 54.9 Å². The third-order valence-corrected chi connectivity index (χ3v) is 6.12. The Bertz CT molecular complexity index is 938. The van der Waals surface area contributed by atoms with Crippen molar-refractivity contribution >= 4 is 35.3 Å². The second-order valence-electron chi connectivity index (χ2n) is 7.04. The number of rotatable bonds is 4. The Labute approximate surface area is 167 Å². The van der Waals surface area contributed by atoms with Crippen molar-refractivity contribution in [2.24, 2.45) is 0 Å². The van der Waals surface area contributed by atoms with Gasteiger partial charge in [0.05, 0.1) is 10.6 Å². The third kappa shape index (κ3) is 3.97. The Morgan fingerprint density at radius 1 is 1.14 bits per heavy atom. The lowest BCUT2D eigenvalue weighted by Crippen LogP contribution is -2.45. The van der Waals surface area contributed by atoms with E-state index < -0.39 is 0 Å². The summed E-state index contributed by atoms with van der Waals surface area (Å²) in [5.41, 5.74) is 1.07. The average Bonchev–Trinajstić information content (AvgIpc) is 3.19. The van der Waals surface area contributed by atoms with Crippen molar-refractivity contribution in [2.45, 2.75) is 36.6 Å². The zero-order chi connectivity index (χ0) is 19.5. The van der Waals surface area contributed by atoms with E-state index in [1.165, 1.54) is 22.7 Å². The molecule has 0 aromatic heterocycles. The van der Waals surface area contributed by atoms with Gasteiger partial charge in [0.2, 0.25) is 5.91 Å². The Kier molecular flexibility index (Phi) is 5.48. The van der Waals surface area contributed by atoms with Gasteiger partial charge in [-0.15, -0.1) is 0 Å². The molecule has 1 heterocycles. The Morgan fingerprint density at radius 2 is 1.86 bits per heavy atom. The number of benzene rings is 2. The summed E-state index contributed by atoms with van der Waals surface area (Å²) >= 11 is 1.30. The van der Waals surface area contributed by atoms with Crippen molar-refractivity contribution in [2.75, 3.05) is 11.4 Å². The van der Waals surface area contributed by atoms with Gasteiger partial charge in [0, 0.05) is 16.5 Å². The van der Waals surface area contributed by atoms with Gasteiger partial charge < -0.3 is 5.32 Å². The Hall–Kier alpha value is -2.60. The van der Waals surface area contributed by atoms with Crippen molar-refractivity contribution in [3.05, 3.63) is 64.8 Å². The van der Waals surface area contributed by atoms with Crippen LogP contribution in [0.1, 0.15) is 31.2 Å². The summed E-state index contributed by atoms with van der Waals surface area (Å²) in [7, 11) is 0. The van der Waals surface area contributed by atoms with Gasteiger partial charge in [-0.2, -0.15) is 0 Å². The van der Waals surface area contributed by atoms with Crippen LogP contribution in [0.25, 0.3) is 6.08 Å². The molecule has 0 unspecified atom stereocenters. The predicted octanol–water partition coefficient (Wildman–Crippen LogP) is 4.36. The van der Waals surface area contributed by atoms with Crippen LogP contribution in [0.2, 0.25) is 0 Å². The molecule has 2 aliphatic rings. The summed E-state index contributed by atoms with van der Waals surface area (Å²) in [6.07, 6.45) is 5.79. The van der Waals surface area contributed by atoms with Crippen LogP contribution < -0.4 is 10.2 Å². The molecule has 6 heteroatoms. The molecule has 28 heavy (non-hydrogen) atoms. The first-order valence-corrected chi connectivity index (χ1v) is 10.3. The third-order valence-electron chi connectivity index (χ3n) is 5.05. The van der Waals surface area contributed by atoms with E-state index >= 15 is 0 Å². The van der Waals surface area contributed by atoms with Crippen LogP contribution in [0.4, 0.5) is 10.1 Å². The average molecular weight is 396 g/mol. The number of nitrogens with zero attached hydrogens (tertiary/aromatic N) is 1. The molecule has 1 aliphatic heterocycles. The maximum atomic E-state index is 14.1. The van der Waals surface area contributed by atoms with Gasteiger partial charge in [-0.05, 0) is 37.1 Å². The Morgan fingerprint density at radius 3 is 2.64 bits per heavy atom. The molecule has 0 radical (unpaired) electrons. The number of thioether (sulfide) groups is 1. The number of anilines is 1. The molecule has 4 rings (SSSR count). The molecule has 1 aliphatic carbocycles. The summed E-state index contributed by atoms with van der Waals surface area (Å²) in [6, 6.07) is 14.0. The Balaban J connectivity index is 1.61. The van der Waals surface area contributed by atoms with E-state index in [-0.39, 0.29) is 30.2 Å². The van der Waals surface area contributed by atoms with E-state index in [0.29, 0.717) is 16.2 Å². The van der Waals surface area contributed by atoms with Crippen LogP contribution in [-0.2, 0) is 9.59 Å². The lowest BCUT2D eigenvalue weighted by Gasteiger charge is -2.30. The largest absolute Gasteiger partial charge is 0.352 e. The smallest absolute Gasteiger partial charge is 0.265 e. The van der Waals surface area contributed by atoms with Crippen molar-refractivity contribution in [1.82, 2.24) is 5.32 Å². The van der Waals surface area contributed by atoms with Gasteiger partial charge >= 0.3 is 0 Å². The van der Waals surface area contributed by atoms with Crippen LogP contribution in [-0.4, -0.2) is 24.4 Å². The summed E-state index contributed by atoms with van der Waals surface area (Å²) in [6.45, 7) is -0.0402. The van der Waals surface area contributed by atoms with Gasteiger partial charge in [0.1, 0.15) is 12.4 Å². The summed E-state index contributed by atoms with van der Waals surface area (Å²) < 4.78 is 14.1. The molecule has 0 saturated heterocycles. The number of nitrogens with one attached hydrogen (secondary N) is 1. The van der Waals surface area contributed by atoms with Crippen molar-refractivity contribution in [3.63, 3.8) is 0 Å². The van der Waals surface area contributed by atoms with Gasteiger partial charge in [0.25, 0.3) is 5.91 Å². The summed E-state index contributed by atoms with van der Waals surface area (Å²) in [5.74, 6) is -0.825. The van der Waals surface area contributed by atoms with E-state index in [9.17, 15) is 14.0 Å². The molecule has 0 bridgehead atoms. The first-order chi connectivity index (χ1) is 13.6. The van der Waals surface area contributed by atoms with E-state index in [1.807, 2.05) is 24.3 Å². The number of carbonyl (C=O) groups is 2. The molecule has 1 fully saturated rings. The maximum absolute atomic E-state index is 14.1. The molecular formula is C22H21FN2O2S. The molecule has 0 atom stereocenters. The monoisotopic (exact) mass is 396 g/mol. The van der Waals surface area contributed by atoms with Crippen LogP contribution in [0.3, 0.4) is 0 Å². The number of halogens is 1. The summed E-state index contributed by atoms with van der Waals surface area (Å²) in [4.78, 5) is 28.4. The number of fused-ring (bicyclic) bond motifs is 1. The maximum Gasteiger partial charge on any atom is 0.265 e. The van der Waals surface area contributed by atoms with Gasteiger partial charge in [-0.3, -0.25) is 14.5 Å². The first kappa shape index (κ1) is 18.7. The number of para-hydroxylation sites is 1. The fraction of sp³-hybridized carbons (Fsp3) is 0.273. The number of amides is 2. The number of carbonyl (C=O) groups excluding carboxylic acids is 2. The van der Waals surface area contributed by atoms with Crippen LogP contribution >= 0.6 is 11.8 Å². The standard InChI is InChI=1S/C22H21FN2O2S/c23-17-10-4-1-7-15(17)13-20-22(27)25(18-11-5-6-12-19(18)28-20)14-21(26)24-16-8-2-3-9-16/h1,4-7,10-13,16H,2-3,8-9,14H2,(H,24,26). The highest BCUT2D eigenvalue weighted by atomic mass is 32.2. The SMILES string of the molecule is O=C(CN1C(=O)C(=Cc2ccccc2F)Sc2ccccc21)NC1CCCC1. The van der Waals surface area contributed by atoms with E-state index in [2.05, 4.69) is 5.32 Å². The van der Waals surface area contributed by atoms with Crippen molar-refractivity contribution < 1.29 is 14.0 Å². The molecule has 144 valence electrons. The normalized spacial score (nSPS) is 18.4. The molecule has 2 aromatic rings. The molecule has 1 saturated carbocycles. The minimum atomic E-state index is -0.382. The van der Waals surface area contributed by atoms with Gasteiger partial charge in [-0.25, -0.2) is 4.39 Å². The predicted molar refractivity (Wildman–Crippen MR) is 109 cm³/mol. The fourth-order valence-electron chi connectivity index (χ4n) is 3.64. The molecule has 2 amide bonds. The quantitative estimate of drug-likeness (QED) is 0.781. The highest BCUT2D eigenvalue weighted by molar-refractivity contribution is 8.04. The second kappa shape index (κ2) is 8.19. The van der Waals surface area contributed by atoms with Crippen molar-refractivity contribution in [3.8, 4) is 0 Å². The minimum Gasteiger partial charge on any atom is -0.352 e. The molecule has 0 spiro atoms. The first-order valence-electron chi connectivity index (χ1n) is 9.46. The zero-order valence-corrected chi connectivity index (χ0v) is 16.2. The van der Waals surface area contributed by atoms with E-state index in [0.717, 1.165) is 30.6 Å². The van der Waals surface area contributed by atoms with Crippen molar-refractivity contribution in [1.29, 1.82) is 0 Å². The second-order valence-corrected chi connectivity index (χ2v) is 8.12. The minimum absolute atomic E-state index is 0.0402. The van der Waals surface area contributed by atoms with Crippen LogP contribution in [0.5, 0.6) is 0 Å². The zero-order valence-electron chi connectivity index (χ0n) is 15.4. The van der Waals surface area contributed by atoms with Crippen LogP contribution in [0.15, 0.2) is 58.3 Å². The topological polar surface area (TPSA) is 49.4 Å². The number of hydrogen-bond acceptors (Lipinski definition) is 3. The fourth-order valence-corrected chi connectivity index (χ4v) is 4.69. The highest BCUT2D eigenvalue weighted by Crippen LogP contribution is 2.42. The van der Waals surface area contributed by atoms with Gasteiger partial charge in [0.15, 0.2) is 0 Å². The lowest BCUT2D eigenvalue weighted by molar-refractivity contribution is -0.122.